The molecule has 0 unspecified atom stereocenters. The standard InChI is InChI=1S/C20H31OSi/c1-3-5-6-15-22-16-13-19(14-17-22)8-7-18-9-11-20(12-10-18)21-4-2/h6,9-12,15,19H,3-5,7-8,13-14,16-17H2,1-2H3. The Bertz CT molecular complexity index is 430. The molecule has 0 saturated carbocycles. The molecule has 0 aromatic heterocycles. The SMILES string of the molecule is CCCC=C[Si]1CCC(CCc2ccc(OCC)cc2)CC1. The number of hydrogen-bond acceptors (Lipinski definition) is 1. The van der Waals surface area contributed by atoms with Gasteiger partial charge < -0.3 is 4.74 Å². The molecule has 1 aliphatic rings. The lowest BCUT2D eigenvalue weighted by molar-refractivity contribution is 0.340. The fraction of sp³-hybridized carbons (Fsp3) is 0.600. The van der Waals surface area contributed by atoms with Gasteiger partial charge in [0.2, 0.25) is 0 Å². The smallest absolute Gasteiger partial charge is 0.119 e. The Kier molecular flexibility index (Phi) is 7.79. The number of unbranched alkanes of at least 4 members (excludes halogenated alkanes) is 1. The van der Waals surface area contributed by atoms with Gasteiger partial charge in [0.1, 0.15) is 5.75 Å². The zero-order chi connectivity index (χ0) is 15.6. The number of hydrogen-bond donors (Lipinski definition) is 0. The van der Waals surface area contributed by atoms with Crippen molar-refractivity contribution in [3.63, 3.8) is 0 Å². The van der Waals surface area contributed by atoms with Crippen molar-refractivity contribution in [3.05, 3.63) is 41.6 Å². The summed E-state index contributed by atoms with van der Waals surface area (Å²) < 4.78 is 5.50. The van der Waals surface area contributed by atoms with Crippen molar-refractivity contribution in [3.8, 4) is 5.75 Å². The van der Waals surface area contributed by atoms with Crippen LogP contribution in [0.3, 0.4) is 0 Å². The third-order valence-electron chi connectivity index (χ3n) is 4.63. The summed E-state index contributed by atoms with van der Waals surface area (Å²) in [6.45, 7) is 5.04. The Balaban J connectivity index is 1.68. The largest absolute Gasteiger partial charge is 0.494 e. The van der Waals surface area contributed by atoms with Crippen LogP contribution in [0.2, 0.25) is 12.1 Å². The highest BCUT2D eigenvalue weighted by Gasteiger charge is 2.20. The fourth-order valence-electron chi connectivity index (χ4n) is 3.21. The van der Waals surface area contributed by atoms with E-state index in [0.717, 1.165) is 18.3 Å². The zero-order valence-electron chi connectivity index (χ0n) is 14.3. The summed E-state index contributed by atoms with van der Waals surface area (Å²) in [5.41, 5.74) is 4.04. The van der Waals surface area contributed by atoms with Gasteiger partial charge in [-0.25, -0.2) is 0 Å². The van der Waals surface area contributed by atoms with Gasteiger partial charge in [0.05, 0.1) is 15.4 Å². The van der Waals surface area contributed by atoms with Gasteiger partial charge in [-0.05, 0) is 49.8 Å². The zero-order valence-corrected chi connectivity index (χ0v) is 15.3. The molecule has 1 aromatic carbocycles. The fourth-order valence-corrected chi connectivity index (χ4v) is 5.85. The molecular weight excluding hydrogens is 284 g/mol. The molecule has 0 N–H and O–H groups in total. The van der Waals surface area contributed by atoms with E-state index in [9.17, 15) is 0 Å². The van der Waals surface area contributed by atoms with Gasteiger partial charge >= 0.3 is 0 Å². The second-order valence-corrected chi connectivity index (χ2v) is 9.06. The van der Waals surface area contributed by atoms with Crippen LogP contribution in [0, 0.1) is 5.92 Å². The number of benzene rings is 1. The summed E-state index contributed by atoms with van der Waals surface area (Å²) in [6, 6.07) is 11.7. The van der Waals surface area contributed by atoms with E-state index in [4.69, 9.17) is 4.74 Å². The van der Waals surface area contributed by atoms with Crippen LogP contribution in [0.4, 0.5) is 0 Å². The number of allylic oxidation sites excluding steroid dienone is 1. The van der Waals surface area contributed by atoms with Crippen LogP contribution < -0.4 is 4.74 Å². The maximum Gasteiger partial charge on any atom is 0.119 e. The lowest BCUT2D eigenvalue weighted by Crippen LogP contribution is -2.20. The molecule has 0 spiro atoms. The van der Waals surface area contributed by atoms with Crippen molar-refractivity contribution >= 4 is 8.80 Å². The molecule has 1 saturated heterocycles. The summed E-state index contributed by atoms with van der Waals surface area (Å²) in [4.78, 5) is 0. The number of rotatable bonds is 8. The van der Waals surface area contributed by atoms with Crippen molar-refractivity contribution in [2.75, 3.05) is 6.61 Å². The van der Waals surface area contributed by atoms with Crippen molar-refractivity contribution in [2.45, 2.75) is 64.5 Å². The van der Waals surface area contributed by atoms with Crippen molar-refractivity contribution in [2.24, 2.45) is 5.92 Å². The maximum atomic E-state index is 5.50. The van der Waals surface area contributed by atoms with E-state index < -0.39 is 0 Å². The van der Waals surface area contributed by atoms with E-state index >= 15 is 0 Å². The molecule has 1 radical (unpaired) electrons. The van der Waals surface area contributed by atoms with Gasteiger partial charge in [-0.15, -0.1) is 5.70 Å². The summed E-state index contributed by atoms with van der Waals surface area (Å²) in [6.07, 6.45) is 10.5. The quantitative estimate of drug-likeness (QED) is 0.549. The molecule has 1 fully saturated rings. The maximum absolute atomic E-state index is 5.50. The predicted molar refractivity (Wildman–Crippen MR) is 98.1 cm³/mol. The van der Waals surface area contributed by atoms with Crippen LogP contribution in [0.15, 0.2) is 36.0 Å². The second-order valence-electron chi connectivity index (χ2n) is 6.41. The van der Waals surface area contributed by atoms with Crippen LogP contribution in [0.1, 0.15) is 51.5 Å². The molecule has 2 heteroatoms. The summed E-state index contributed by atoms with van der Waals surface area (Å²) >= 11 is 0. The van der Waals surface area contributed by atoms with Gasteiger partial charge in [0.15, 0.2) is 0 Å². The first kappa shape index (κ1) is 17.3. The summed E-state index contributed by atoms with van der Waals surface area (Å²) in [7, 11) is -0.144. The first-order valence-corrected chi connectivity index (χ1v) is 11.0. The number of ether oxygens (including phenoxy) is 1. The minimum absolute atomic E-state index is 0.144. The first-order chi connectivity index (χ1) is 10.8. The molecule has 1 nitrogen and oxygen atoms in total. The monoisotopic (exact) mass is 315 g/mol. The van der Waals surface area contributed by atoms with E-state index in [1.54, 1.807) is 0 Å². The molecular formula is C20H31OSi. The molecule has 0 atom stereocenters. The highest BCUT2D eigenvalue weighted by Crippen LogP contribution is 2.29. The third-order valence-corrected chi connectivity index (χ3v) is 7.20. The molecule has 0 bridgehead atoms. The molecule has 0 amide bonds. The van der Waals surface area contributed by atoms with Gasteiger partial charge in [-0.1, -0.05) is 56.5 Å². The summed E-state index contributed by atoms with van der Waals surface area (Å²) in [5, 5.41) is 0. The lowest BCUT2D eigenvalue weighted by atomic mass is 9.94. The Morgan fingerprint density at radius 1 is 1.14 bits per heavy atom. The Hall–Kier alpha value is -1.02. The van der Waals surface area contributed by atoms with E-state index in [2.05, 4.69) is 43.0 Å². The van der Waals surface area contributed by atoms with Gasteiger partial charge in [0, 0.05) is 0 Å². The van der Waals surface area contributed by atoms with E-state index in [1.165, 1.54) is 56.2 Å². The molecule has 1 heterocycles. The van der Waals surface area contributed by atoms with E-state index in [-0.39, 0.29) is 8.80 Å². The average Bonchev–Trinajstić information content (AvgIpc) is 2.56. The molecule has 0 aliphatic carbocycles. The van der Waals surface area contributed by atoms with Crippen molar-refractivity contribution in [1.29, 1.82) is 0 Å². The van der Waals surface area contributed by atoms with Crippen LogP contribution in [0.25, 0.3) is 0 Å². The second kappa shape index (κ2) is 9.89. The minimum Gasteiger partial charge on any atom is -0.494 e. The van der Waals surface area contributed by atoms with Gasteiger partial charge in [0.25, 0.3) is 0 Å². The van der Waals surface area contributed by atoms with Crippen LogP contribution in [-0.4, -0.2) is 15.4 Å². The predicted octanol–water partition coefficient (Wildman–Crippen LogP) is 5.82. The lowest BCUT2D eigenvalue weighted by Gasteiger charge is -2.25. The molecule has 22 heavy (non-hydrogen) atoms. The first-order valence-electron chi connectivity index (χ1n) is 9.04. The normalized spacial score (nSPS) is 17.2. The van der Waals surface area contributed by atoms with E-state index in [0.29, 0.717) is 0 Å². The molecule has 2 rings (SSSR count). The van der Waals surface area contributed by atoms with E-state index in [1.807, 2.05) is 6.92 Å². The Morgan fingerprint density at radius 2 is 1.86 bits per heavy atom. The minimum atomic E-state index is -0.144. The highest BCUT2D eigenvalue weighted by atomic mass is 28.3. The highest BCUT2D eigenvalue weighted by molar-refractivity contribution is 6.64. The van der Waals surface area contributed by atoms with Crippen molar-refractivity contribution < 1.29 is 4.74 Å². The van der Waals surface area contributed by atoms with Crippen LogP contribution in [0.5, 0.6) is 5.75 Å². The number of aryl methyl sites for hydroxylation is 1. The molecule has 121 valence electrons. The van der Waals surface area contributed by atoms with Crippen LogP contribution in [-0.2, 0) is 6.42 Å². The average molecular weight is 316 g/mol. The van der Waals surface area contributed by atoms with Gasteiger partial charge in [-0.3, -0.25) is 0 Å². The summed E-state index contributed by atoms with van der Waals surface area (Å²) in [5.74, 6) is 1.95. The Labute approximate surface area is 138 Å². The molecule has 1 aliphatic heterocycles. The topological polar surface area (TPSA) is 9.23 Å². The van der Waals surface area contributed by atoms with Crippen molar-refractivity contribution in [1.82, 2.24) is 0 Å². The van der Waals surface area contributed by atoms with Crippen LogP contribution >= 0.6 is 0 Å². The molecule has 1 aromatic rings. The van der Waals surface area contributed by atoms with Gasteiger partial charge in [-0.2, -0.15) is 0 Å². The third kappa shape index (κ3) is 6.00. The Morgan fingerprint density at radius 3 is 2.50 bits per heavy atom.